The molecule has 110 valence electrons. The Bertz CT molecular complexity index is 676. The van der Waals surface area contributed by atoms with Gasteiger partial charge in [0.15, 0.2) is 0 Å². The number of quaternary nitrogens is 1. The highest BCUT2D eigenvalue weighted by molar-refractivity contribution is 7.16. The zero-order chi connectivity index (χ0) is 14.4. The Hall–Kier alpha value is -1.79. The lowest BCUT2D eigenvalue weighted by Crippen LogP contribution is -3.11. The van der Waals surface area contributed by atoms with E-state index >= 15 is 0 Å². The third-order valence-electron chi connectivity index (χ3n) is 4.44. The van der Waals surface area contributed by atoms with Crippen molar-refractivity contribution in [3.8, 4) is 0 Å². The first-order valence-corrected chi connectivity index (χ1v) is 8.26. The monoisotopic (exact) mass is 303 g/mol. The van der Waals surface area contributed by atoms with Crippen LogP contribution >= 0.6 is 11.3 Å². The topological polar surface area (TPSA) is 61.4 Å². The molecule has 0 aromatic carbocycles. The number of aromatic amines is 1. The van der Waals surface area contributed by atoms with E-state index in [0.29, 0.717) is 0 Å². The SMILES string of the molecule is CC[NH+]1CCc2c(sc3c2C(=O)N[C@@H](c2ccc[nH]2)N3)C1. The van der Waals surface area contributed by atoms with Crippen molar-refractivity contribution in [1.29, 1.82) is 0 Å². The van der Waals surface area contributed by atoms with Gasteiger partial charge in [0.05, 0.1) is 29.2 Å². The van der Waals surface area contributed by atoms with Gasteiger partial charge in [-0.15, -0.1) is 11.3 Å². The number of thiophene rings is 1. The summed E-state index contributed by atoms with van der Waals surface area (Å²) in [6.07, 6.45) is 2.72. The van der Waals surface area contributed by atoms with E-state index in [0.717, 1.165) is 42.3 Å². The summed E-state index contributed by atoms with van der Waals surface area (Å²) in [6, 6.07) is 3.93. The molecule has 1 unspecified atom stereocenters. The average molecular weight is 303 g/mol. The van der Waals surface area contributed by atoms with Crippen molar-refractivity contribution in [3.05, 3.63) is 40.0 Å². The normalized spacial score (nSPS) is 24.0. The Morgan fingerprint density at radius 3 is 3.10 bits per heavy atom. The molecule has 2 aromatic rings. The molecule has 21 heavy (non-hydrogen) atoms. The molecule has 6 heteroatoms. The van der Waals surface area contributed by atoms with Gasteiger partial charge < -0.3 is 20.5 Å². The van der Waals surface area contributed by atoms with E-state index in [1.165, 1.54) is 10.4 Å². The second-order valence-electron chi connectivity index (χ2n) is 5.66. The van der Waals surface area contributed by atoms with E-state index in [4.69, 9.17) is 0 Å². The van der Waals surface area contributed by atoms with Crippen LogP contribution in [-0.2, 0) is 13.0 Å². The predicted octanol–water partition coefficient (Wildman–Crippen LogP) is 0.891. The van der Waals surface area contributed by atoms with Crippen molar-refractivity contribution in [1.82, 2.24) is 10.3 Å². The van der Waals surface area contributed by atoms with E-state index in [-0.39, 0.29) is 12.1 Å². The average Bonchev–Trinajstić information content (AvgIpc) is 3.13. The zero-order valence-electron chi connectivity index (χ0n) is 12.0. The molecular formula is C15H19N4OS+. The standard InChI is InChI=1S/C15H18N4OS/c1-2-19-7-5-9-11(8-19)21-15-12(9)14(20)17-13(18-15)10-4-3-6-16-10/h3-4,6,13,16,18H,2,5,7-8H2,1H3,(H,17,20)/p+1/t13-/m1/s1. The second-order valence-corrected chi connectivity index (χ2v) is 6.77. The summed E-state index contributed by atoms with van der Waals surface area (Å²) in [5.41, 5.74) is 3.14. The number of nitrogens with one attached hydrogen (secondary N) is 4. The molecule has 2 atom stereocenters. The number of hydrogen-bond acceptors (Lipinski definition) is 3. The summed E-state index contributed by atoms with van der Waals surface area (Å²) in [5, 5.41) is 7.55. The van der Waals surface area contributed by atoms with Gasteiger partial charge in [0, 0.05) is 12.6 Å². The minimum Gasteiger partial charge on any atom is -0.362 e. The number of fused-ring (bicyclic) bond motifs is 3. The Morgan fingerprint density at radius 2 is 2.33 bits per heavy atom. The van der Waals surface area contributed by atoms with Crippen LogP contribution in [0.5, 0.6) is 0 Å². The van der Waals surface area contributed by atoms with Crippen molar-refractivity contribution in [3.63, 3.8) is 0 Å². The van der Waals surface area contributed by atoms with Crippen LogP contribution in [0.15, 0.2) is 18.3 Å². The largest absolute Gasteiger partial charge is 0.362 e. The fraction of sp³-hybridized carbons (Fsp3) is 0.400. The van der Waals surface area contributed by atoms with Crippen molar-refractivity contribution in [2.45, 2.75) is 26.1 Å². The van der Waals surface area contributed by atoms with Gasteiger partial charge in [-0.05, 0) is 24.6 Å². The molecule has 5 nitrogen and oxygen atoms in total. The first-order valence-electron chi connectivity index (χ1n) is 7.45. The number of carbonyl (C=O) groups excluding carboxylic acids is 1. The van der Waals surface area contributed by atoms with E-state index in [1.54, 1.807) is 16.2 Å². The van der Waals surface area contributed by atoms with E-state index in [2.05, 4.69) is 22.5 Å². The molecule has 2 aromatic heterocycles. The van der Waals surface area contributed by atoms with Crippen LogP contribution < -0.4 is 15.5 Å². The summed E-state index contributed by atoms with van der Waals surface area (Å²) < 4.78 is 0. The number of aromatic nitrogens is 1. The van der Waals surface area contributed by atoms with Crippen LogP contribution in [0.3, 0.4) is 0 Å². The van der Waals surface area contributed by atoms with Crippen LogP contribution in [0, 0.1) is 0 Å². The summed E-state index contributed by atoms with van der Waals surface area (Å²) in [7, 11) is 0. The number of hydrogen-bond donors (Lipinski definition) is 4. The first-order chi connectivity index (χ1) is 10.3. The number of H-pyrrole nitrogens is 1. The molecule has 2 aliphatic rings. The lowest BCUT2D eigenvalue weighted by atomic mass is 10.0. The lowest BCUT2D eigenvalue weighted by Gasteiger charge is -2.26. The van der Waals surface area contributed by atoms with Gasteiger partial charge in [-0.2, -0.15) is 0 Å². The number of rotatable bonds is 2. The lowest BCUT2D eigenvalue weighted by molar-refractivity contribution is -0.913. The maximum Gasteiger partial charge on any atom is 0.256 e. The highest BCUT2D eigenvalue weighted by Crippen LogP contribution is 2.38. The summed E-state index contributed by atoms with van der Waals surface area (Å²) in [4.78, 5) is 18.6. The number of anilines is 1. The highest BCUT2D eigenvalue weighted by Gasteiger charge is 2.34. The molecule has 1 amide bonds. The quantitative estimate of drug-likeness (QED) is 0.666. The Kier molecular flexibility index (Phi) is 3.01. The summed E-state index contributed by atoms with van der Waals surface area (Å²) in [5.74, 6) is 0.0563. The van der Waals surface area contributed by atoms with Crippen molar-refractivity contribution in [2.24, 2.45) is 0 Å². The maximum atomic E-state index is 12.5. The molecule has 0 fully saturated rings. The van der Waals surface area contributed by atoms with Crippen LogP contribution in [0.25, 0.3) is 0 Å². The summed E-state index contributed by atoms with van der Waals surface area (Å²) in [6.45, 7) is 5.54. The number of likely N-dealkylation sites (N-methyl/N-ethyl adjacent to an activating group) is 1. The van der Waals surface area contributed by atoms with E-state index < -0.39 is 0 Å². The minimum atomic E-state index is -0.158. The van der Waals surface area contributed by atoms with Gasteiger partial charge in [0.2, 0.25) is 0 Å². The molecule has 0 radical (unpaired) electrons. The zero-order valence-corrected chi connectivity index (χ0v) is 12.8. The third-order valence-corrected chi connectivity index (χ3v) is 5.60. The van der Waals surface area contributed by atoms with Crippen molar-refractivity contribution >= 4 is 22.2 Å². The Morgan fingerprint density at radius 1 is 1.43 bits per heavy atom. The van der Waals surface area contributed by atoms with Gasteiger partial charge in [0.1, 0.15) is 17.7 Å². The fourth-order valence-electron chi connectivity index (χ4n) is 3.23. The fourth-order valence-corrected chi connectivity index (χ4v) is 4.57. The Balaban J connectivity index is 1.69. The molecule has 0 bridgehead atoms. The molecule has 0 spiro atoms. The van der Waals surface area contributed by atoms with Crippen LogP contribution in [-0.4, -0.2) is 24.0 Å². The molecule has 4 heterocycles. The first kappa shape index (κ1) is 12.9. The van der Waals surface area contributed by atoms with Gasteiger partial charge >= 0.3 is 0 Å². The smallest absolute Gasteiger partial charge is 0.256 e. The van der Waals surface area contributed by atoms with Gasteiger partial charge in [-0.3, -0.25) is 4.79 Å². The van der Waals surface area contributed by atoms with Crippen LogP contribution in [0.1, 0.15) is 39.6 Å². The molecule has 4 N–H and O–H groups in total. The van der Waals surface area contributed by atoms with Crippen LogP contribution in [0.2, 0.25) is 0 Å². The Labute approximate surface area is 127 Å². The van der Waals surface area contributed by atoms with Crippen molar-refractivity contribution in [2.75, 3.05) is 18.4 Å². The molecular weight excluding hydrogens is 284 g/mol. The second kappa shape index (κ2) is 4.89. The molecule has 0 aliphatic carbocycles. The summed E-state index contributed by atoms with van der Waals surface area (Å²) >= 11 is 1.76. The van der Waals surface area contributed by atoms with Gasteiger partial charge in [0.25, 0.3) is 5.91 Å². The molecule has 0 saturated carbocycles. The molecule has 2 aliphatic heterocycles. The van der Waals surface area contributed by atoms with Gasteiger partial charge in [-0.1, -0.05) is 0 Å². The number of amides is 1. The molecule has 0 saturated heterocycles. The minimum absolute atomic E-state index is 0.0563. The number of carbonyl (C=O) groups is 1. The van der Waals surface area contributed by atoms with Gasteiger partial charge in [-0.25, -0.2) is 0 Å². The maximum absolute atomic E-state index is 12.5. The third kappa shape index (κ3) is 2.06. The highest BCUT2D eigenvalue weighted by atomic mass is 32.1. The molecule has 4 rings (SSSR count). The van der Waals surface area contributed by atoms with E-state index in [1.807, 2.05) is 18.3 Å². The predicted molar refractivity (Wildman–Crippen MR) is 82.7 cm³/mol. The van der Waals surface area contributed by atoms with Crippen LogP contribution in [0.4, 0.5) is 5.00 Å². The van der Waals surface area contributed by atoms with Crippen molar-refractivity contribution < 1.29 is 9.69 Å². The van der Waals surface area contributed by atoms with E-state index in [9.17, 15) is 4.79 Å².